The van der Waals surface area contributed by atoms with Crippen LogP contribution in [0.5, 0.6) is 0 Å². The Morgan fingerprint density at radius 2 is 1.79 bits per heavy atom. The van der Waals surface area contributed by atoms with Crippen LogP contribution in [0.2, 0.25) is 0 Å². The topological polar surface area (TPSA) is 66.0 Å². The fourth-order valence-corrected chi connectivity index (χ4v) is 3.27. The summed E-state index contributed by atoms with van der Waals surface area (Å²) in [6, 6.07) is 18.8. The molecule has 2 heterocycles. The highest BCUT2D eigenvalue weighted by Crippen LogP contribution is 2.40. The molecule has 0 radical (unpaired) electrons. The third-order valence-corrected chi connectivity index (χ3v) is 4.49. The van der Waals surface area contributed by atoms with Crippen molar-refractivity contribution < 1.29 is 0 Å². The summed E-state index contributed by atoms with van der Waals surface area (Å²) in [6.45, 7) is 2.09. The van der Waals surface area contributed by atoms with Crippen molar-refractivity contribution in [2.24, 2.45) is 21.7 Å². The van der Waals surface area contributed by atoms with Crippen LogP contribution in [0.15, 0.2) is 70.8 Å². The molecule has 2 aromatic carbocycles. The number of nitrogens with one attached hydrogen (secondary N) is 1. The molecule has 3 N–H and O–H groups in total. The van der Waals surface area contributed by atoms with Crippen molar-refractivity contribution >= 4 is 23.4 Å². The molecule has 0 saturated heterocycles. The summed E-state index contributed by atoms with van der Waals surface area (Å²) in [5.74, 6) is 6.44. The van der Waals surface area contributed by atoms with E-state index in [2.05, 4.69) is 69.8 Å². The number of nitrogens with zero attached hydrogens (tertiary/aromatic N) is 3. The van der Waals surface area contributed by atoms with Crippen LogP contribution in [0, 0.1) is 12.8 Å². The lowest BCUT2D eigenvalue weighted by molar-refractivity contribution is 0.635. The Kier molecular flexibility index (Phi) is 3.63. The standard InChI is InChI=1S/C19H19N5/c1-13-7-9-15(10-8-13)24-11-16(14-5-3-2-4-6-14)17-18(23-20)21-12-22-19(17)24/h2-12,17,19H,20H2,1H3,(H,21,22,23). The van der Waals surface area contributed by atoms with Gasteiger partial charge in [-0.05, 0) is 30.2 Å². The van der Waals surface area contributed by atoms with E-state index >= 15 is 0 Å². The summed E-state index contributed by atoms with van der Waals surface area (Å²) in [7, 11) is 0. The number of rotatable bonds is 2. The molecule has 5 nitrogen and oxygen atoms in total. The monoisotopic (exact) mass is 317 g/mol. The molecule has 5 heteroatoms. The number of aryl methyl sites for hydroxylation is 1. The van der Waals surface area contributed by atoms with E-state index < -0.39 is 0 Å². The van der Waals surface area contributed by atoms with Crippen molar-refractivity contribution in [3.8, 4) is 0 Å². The molecule has 0 aromatic heterocycles. The van der Waals surface area contributed by atoms with Crippen molar-refractivity contribution in [2.75, 3.05) is 4.90 Å². The maximum Gasteiger partial charge on any atom is 0.140 e. The van der Waals surface area contributed by atoms with E-state index in [1.807, 2.05) is 18.2 Å². The molecular weight excluding hydrogens is 298 g/mol. The molecule has 0 saturated carbocycles. The van der Waals surface area contributed by atoms with Crippen LogP contribution >= 0.6 is 0 Å². The Morgan fingerprint density at radius 3 is 2.50 bits per heavy atom. The molecule has 2 aromatic rings. The van der Waals surface area contributed by atoms with Crippen LogP contribution in [0.4, 0.5) is 5.69 Å². The minimum absolute atomic E-state index is 0.0105. The molecule has 0 aliphatic carbocycles. The summed E-state index contributed by atoms with van der Waals surface area (Å²) in [4.78, 5) is 11.1. The van der Waals surface area contributed by atoms with Crippen molar-refractivity contribution in [1.29, 1.82) is 0 Å². The van der Waals surface area contributed by atoms with Gasteiger partial charge in [-0.25, -0.2) is 15.8 Å². The molecule has 24 heavy (non-hydrogen) atoms. The third kappa shape index (κ3) is 2.39. The van der Waals surface area contributed by atoms with Crippen LogP contribution in [0.25, 0.3) is 5.57 Å². The Bertz CT molecular complexity index is 821. The molecule has 0 bridgehead atoms. The quantitative estimate of drug-likeness (QED) is 0.661. The first kappa shape index (κ1) is 14.7. The van der Waals surface area contributed by atoms with Crippen LogP contribution in [-0.4, -0.2) is 18.3 Å². The number of benzene rings is 2. The van der Waals surface area contributed by atoms with Crippen LogP contribution in [0.1, 0.15) is 11.1 Å². The van der Waals surface area contributed by atoms with Crippen molar-refractivity contribution in [3.05, 3.63) is 71.9 Å². The molecule has 120 valence electrons. The first-order valence-corrected chi connectivity index (χ1v) is 7.96. The normalized spacial score (nSPS) is 22.0. The Morgan fingerprint density at radius 1 is 1.04 bits per heavy atom. The van der Waals surface area contributed by atoms with E-state index in [1.54, 1.807) is 6.34 Å². The number of nitrogens with two attached hydrogens (primary N) is 1. The summed E-state index contributed by atoms with van der Waals surface area (Å²) < 4.78 is 0. The lowest BCUT2D eigenvalue weighted by Crippen LogP contribution is -2.45. The van der Waals surface area contributed by atoms with Crippen LogP contribution in [-0.2, 0) is 0 Å². The number of aliphatic imine (C=N–C) groups is 2. The summed E-state index contributed by atoms with van der Waals surface area (Å²) in [5, 5.41) is 0. The fraction of sp³-hybridized carbons (Fsp3) is 0.158. The van der Waals surface area contributed by atoms with Gasteiger partial charge in [-0.1, -0.05) is 48.0 Å². The highest BCUT2D eigenvalue weighted by atomic mass is 15.3. The largest absolute Gasteiger partial charge is 0.324 e. The van der Waals surface area contributed by atoms with Crippen molar-refractivity contribution in [1.82, 2.24) is 5.43 Å². The van der Waals surface area contributed by atoms with Gasteiger partial charge in [0.15, 0.2) is 0 Å². The number of hydrogen-bond acceptors (Lipinski definition) is 5. The van der Waals surface area contributed by atoms with Gasteiger partial charge in [0.25, 0.3) is 0 Å². The molecule has 0 spiro atoms. The second-order valence-corrected chi connectivity index (χ2v) is 6.01. The summed E-state index contributed by atoms with van der Waals surface area (Å²) >= 11 is 0. The molecular formula is C19H19N5. The molecule has 4 rings (SSSR count). The Balaban J connectivity index is 1.81. The van der Waals surface area contributed by atoms with E-state index in [0.717, 1.165) is 22.7 Å². The second-order valence-electron chi connectivity index (χ2n) is 6.01. The van der Waals surface area contributed by atoms with Gasteiger partial charge in [-0.15, -0.1) is 0 Å². The predicted octanol–water partition coefficient (Wildman–Crippen LogP) is 2.70. The highest BCUT2D eigenvalue weighted by Gasteiger charge is 2.40. The van der Waals surface area contributed by atoms with E-state index in [0.29, 0.717) is 0 Å². The summed E-state index contributed by atoms with van der Waals surface area (Å²) in [6.07, 6.45) is 3.66. The molecule has 2 aliphatic heterocycles. The average Bonchev–Trinajstić information content (AvgIpc) is 3.03. The molecule has 0 fully saturated rings. The van der Waals surface area contributed by atoms with E-state index in [4.69, 9.17) is 5.84 Å². The van der Waals surface area contributed by atoms with Crippen molar-refractivity contribution in [3.63, 3.8) is 0 Å². The number of hydrogen-bond donors (Lipinski definition) is 2. The van der Waals surface area contributed by atoms with Gasteiger partial charge >= 0.3 is 0 Å². The molecule has 0 amide bonds. The SMILES string of the molecule is Cc1ccc(N2C=C(c3ccccc3)C3C(NN)=NC=NC32)cc1. The zero-order chi connectivity index (χ0) is 16.5. The highest BCUT2D eigenvalue weighted by molar-refractivity contribution is 6.03. The van der Waals surface area contributed by atoms with E-state index in [9.17, 15) is 0 Å². The lowest BCUT2D eigenvalue weighted by atomic mass is 9.92. The average molecular weight is 317 g/mol. The molecule has 2 aliphatic rings. The first-order chi connectivity index (χ1) is 11.8. The van der Waals surface area contributed by atoms with Crippen LogP contribution in [0.3, 0.4) is 0 Å². The zero-order valence-electron chi connectivity index (χ0n) is 13.4. The predicted molar refractivity (Wildman–Crippen MR) is 98.6 cm³/mol. The van der Waals surface area contributed by atoms with Gasteiger partial charge in [0.2, 0.25) is 0 Å². The van der Waals surface area contributed by atoms with Gasteiger partial charge in [0, 0.05) is 11.9 Å². The molecule has 2 atom stereocenters. The van der Waals surface area contributed by atoms with Gasteiger partial charge in [0.05, 0.1) is 5.92 Å². The van der Waals surface area contributed by atoms with Gasteiger partial charge < -0.3 is 10.3 Å². The maximum atomic E-state index is 5.72. The zero-order valence-corrected chi connectivity index (χ0v) is 13.4. The number of anilines is 1. The summed E-state index contributed by atoms with van der Waals surface area (Å²) in [5.41, 5.74) is 7.41. The van der Waals surface area contributed by atoms with E-state index in [-0.39, 0.29) is 12.1 Å². The Hall–Kier alpha value is -2.92. The number of amidine groups is 1. The van der Waals surface area contributed by atoms with E-state index in [1.165, 1.54) is 5.56 Å². The minimum Gasteiger partial charge on any atom is -0.324 e. The second kappa shape index (κ2) is 5.94. The maximum absolute atomic E-state index is 5.72. The first-order valence-electron chi connectivity index (χ1n) is 7.96. The van der Waals surface area contributed by atoms with Gasteiger partial charge in [0.1, 0.15) is 18.3 Å². The Labute approximate surface area is 141 Å². The van der Waals surface area contributed by atoms with Gasteiger partial charge in [-0.2, -0.15) is 0 Å². The van der Waals surface area contributed by atoms with Gasteiger partial charge in [-0.3, -0.25) is 0 Å². The third-order valence-electron chi connectivity index (χ3n) is 4.49. The van der Waals surface area contributed by atoms with Crippen molar-refractivity contribution in [2.45, 2.75) is 13.1 Å². The number of hydrazine groups is 1. The minimum atomic E-state index is -0.0773. The number of fused-ring (bicyclic) bond motifs is 1. The lowest BCUT2D eigenvalue weighted by Gasteiger charge is -2.29. The van der Waals surface area contributed by atoms with Crippen LogP contribution < -0.4 is 16.2 Å². The molecule has 2 unspecified atom stereocenters. The smallest absolute Gasteiger partial charge is 0.140 e. The fourth-order valence-electron chi connectivity index (χ4n) is 3.27.